The molecule has 1 fully saturated rings. The Hall–Kier alpha value is -4.26. The SMILES string of the molecule is O=C(Nc1nc2cccc(-c3ccc4c(ccn4C(=O)CCc4ccccc4)c3)n2n1)C1CC1. The zero-order valence-corrected chi connectivity index (χ0v) is 18.5. The Labute approximate surface area is 196 Å². The van der Waals surface area contributed by atoms with Gasteiger partial charge < -0.3 is 0 Å². The molecule has 0 unspecified atom stereocenters. The van der Waals surface area contributed by atoms with Gasteiger partial charge in [-0.1, -0.05) is 42.5 Å². The molecule has 5 aromatic rings. The van der Waals surface area contributed by atoms with Crippen molar-refractivity contribution in [3.05, 3.63) is 84.6 Å². The summed E-state index contributed by atoms with van der Waals surface area (Å²) in [7, 11) is 0. The first-order chi connectivity index (χ1) is 16.7. The van der Waals surface area contributed by atoms with E-state index in [9.17, 15) is 9.59 Å². The number of nitrogens with zero attached hydrogens (tertiary/aromatic N) is 4. The molecule has 2 aromatic carbocycles. The maximum absolute atomic E-state index is 12.9. The fourth-order valence-corrected chi connectivity index (χ4v) is 4.27. The van der Waals surface area contributed by atoms with Crippen LogP contribution in [0.5, 0.6) is 0 Å². The van der Waals surface area contributed by atoms with Crippen LogP contribution in [0.1, 0.15) is 29.6 Å². The summed E-state index contributed by atoms with van der Waals surface area (Å²) in [6.45, 7) is 0. The summed E-state index contributed by atoms with van der Waals surface area (Å²) in [6.07, 6.45) is 4.86. The Kier molecular flexibility index (Phi) is 4.95. The highest BCUT2D eigenvalue weighted by molar-refractivity contribution is 5.95. The third kappa shape index (κ3) is 3.85. The van der Waals surface area contributed by atoms with Crippen molar-refractivity contribution in [2.45, 2.75) is 25.7 Å². The van der Waals surface area contributed by atoms with Crippen molar-refractivity contribution in [2.24, 2.45) is 5.92 Å². The van der Waals surface area contributed by atoms with Crippen LogP contribution in [0.4, 0.5) is 5.95 Å². The summed E-state index contributed by atoms with van der Waals surface area (Å²) in [5.74, 6) is 0.465. The molecular weight excluding hydrogens is 426 g/mol. The van der Waals surface area contributed by atoms with Gasteiger partial charge in [0, 0.05) is 29.5 Å². The molecule has 1 N–H and O–H groups in total. The third-order valence-corrected chi connectivity index (χ3v) is 6.27. The number of amides is 1. The number of nitrogens with one attached hydrogen (secondary N) is 1. The first kappa shape index (κ1) is 20.4. The molecule has 3 heterocycles. The predicted molar refractivity (Wildman–Crippen MR) is 131 cm³/mol. The highest BCUT2D eigenvalue weighted by atomic mass is 16.2. The van der Waals surface area contributed by atoms with E-state index in [1.165, 1.54) is 0 Å². The van der Waals surface area contributed by atoms with Crippen molar-refractivity contribution in [1.82, 2.24) is 19.2 Å². The Balaban J connectivity index is 1.27. The van der Waals surface area contributed by atoms with Gasteiger partial charge in [0.1, 0.15) is 0 Å². The van der Waals surface area contributed by atoms with Gasteiger partial charge in [-0.25, -0.2) is 4.52 Å². The second-order valence-corrected chi connectivity index (χ2v) is 8.72. The largest absolute Gasteiger partial charge is 0.293 e. The molecule has 1 aliphatic carbocycles. The van der Waals surface area contributed by atoms with Crippen molar-refractivity contribution in [3.8, 4) is 11.3 Å². The van der Waals surface area contributed by atoms with Crippen LogP contribution in [0.25, 0.3) is 27.8 Å². The average Bonchev–Trinajstić information content (AvgIpc) is 3.51. The summed E-state index contributed by atoms with van der Waals surface area (Å²) in [6, 6.07) is 23.8. The molecular formula is C27H23N5O2. The van der Waals surface area contributed by atoms with Gasteiger partial charge in [0.25, 0.3) is 0 Å². The lowest BCUT2D eigenvalue weighted by Gasteiger charge is -2.07. The van der Waals surface area contributed by atoms with Crippen LogP contribution >= 0.6 is 0 Å². The molecule has 0 radical (unpaired) electrons. The Morgan fingerprint density at radius 2 is 1.82 bits per heavy atom. The summed E-state index contributed by atoms with van der Waals surface area (Å²) in [4.78, 5) is 29.4. The zero-order chi connectivity index (χ0) is 23.1. The molecule has 0 saturated heterocycles. The van der Waals surface area contributed by atoms with Gasteiger partial charge >= 0.3 is 0 Å². The van der Waals surface area contributed by atoms with E-state index in [4.69, 9.17) is 0 Å². The number of hydrogen-bond acceptors (Lipinski definition) is 4. The third-order valence-electron chi connectivity index (χ3n) is 6.27. The van der Waals surface area contributed by atoms with Gasteiger partial charge in [-0.15, -0.1) is 5.10 Å². The van der Waals surface area contributed by atoms with E-state index in [2.05, 4.69) is 21.5 Å². The maximum atomic E-state index is 12.9. The van der Waals surface area contributed by atoms with Crippen LogP contribution in [0.2, 0.25) is 0 Å². The van der Waals surface area contributed by atoms with Crippen molar-refractivity contribution >= 4 is 34.3 Å². The number of fused-ring (bicyclic) bond motifs is 2. The standard InChI is InChI=1S/C27H23N5O2/c33-25(14-9-18-5-2-1-3-6-18)31-16-15-21-17-20(12-13-22(21)31)23-7-4-8-24-28-27(30-32(23)24)29-26(34)19-10-11-19/h1-8,12-13,15-17,19H,9-11,14H2,(H,29,30,34). The summed E-state index contributed by atoms with van der Waals surface area (Å²) in [5, 5.41) is 8.32. The first-order valence-electron chi connectivity index (χ1n) is 11.5. The van der Waals surface area contributed by atoms with Gasteiger partial charge in [0.05, 0.1) is 11.2 Å². The molecule has 1 aliphatic rings. The number of aryl methyl sites for hydroxylation is 1. The minimum atomic E-state index is -0.0165. The van der Waals surface area contributed by atoms with E-state index in [0.717, 1.165) is 40.6 Å². The number of benzene rings is 2. The van der Waals surface area contributed by atoms with Crippen molar-refractivity contribution < 1.29 is 9.59 Å². The average molecular weight is 450 g/mol. The van der Waals surface area contributed by atoms with Crippen LogP contribution in [0.15, 0.2) is 79.0 Å². The van der Waals surface area contributed by atoms with E-state index in [0.29, 0.717) is 24.4 Å². The normalized spacial score (nSPS) is 13.4. The molecule has 34 heavy (non-hydrogen) atoms. The Bertz CT molecular complexity index is 1530. The molecule has 0 spiro atoms. The molecule has 3 aromatic heterocycles. The molecule has 1 amide bonds. The highest BCUT2D eigenvalue weighted by Gasteiger charge is 2.30. The van der Waals surface area contributed by atoms with E-state index in [1.807, 2.05) is 72.9 Å². The number of aromatic nitrogens is 4. The fraction of sp³-hybridized carbons (Fsp3) is 0.185. The summed E-state index contributed by atoms with van der Waals surface area (Å²) in [5.41, 5.74) is 4.52. The van der Waals surface area contributed by atoms with E-state index >= 15 is 0 Å². The van der Waals surface area contributed by atoms with E-state index in [1.54, 1.807) is 9.08 Å². The lowest BCUT2D eigenvalue weighted by atomic mass is 10.1. The molecule has 168 valence electrons. The van der Waals surface area contributed by atoms with Gasteiger partial charge in [0.2, 0.25) is 17.8 Å². The van der Waals surface area contributed by atoms with Gasteiger partial charge in [-0.05, 0) is 55.2 Å². The zero-order valence-electron chi connectivity index (χ0n) is 18.5. The molecule has 0 bridgehead atoms. The Morgan fingerprint density at radius 1 is 0.971 bits per heavy atom. The minimum Gasteiger partial charge on any atom is -0.293 e. The lowest BCUT2D eigenvalue weighted by Crippen LogP contribution is -2.14. The topological polar surface area (TPSA) is 81.3 Å². The number of hydrogen-bond donors (Lipinski definition) is 1. The number of carbonyl (C=O) groups excluding carboxylic acids is 2. The quantitative estimate of drug-likeness (QED) is 0.397. The molecule has 7 heteroatoms. The summed E-state index contributed by atoms with van der Waals surface area (Å²) < 4.78 is 3.47. The van der Waals surface area contributed by atoms with Crippen molar-refractivity contribution in [2.75, 3.05) is 5.32 Å². The fourth-order valence-electron chi connectivity index (χ4n) is 4.27. The Morgan fingerprint density at radius 3 is 2.65 bits per heavy atom. The molecule has 6 rings (SSSR count). The second-order valence-electron chi connectivity index (χ2n) is 8.72. The van der Waals surface area contributed by atoms with Crippen LogP contribution in [0, 0.1) is 5.92 Å². The van der Waals surface area contributed by atoms with Crippen LogP contribution in [-0.4, -0.2) is 31.0 Å². The molecule has 0 aliphatic heterocycles. The van der Waals surface area contributed by atoms with Gasteiger partial charge in [-0.3, -0.25) is 19.5 Å². The van der Waals surface area contributed by atoms with E-state index < -0.39 is 0 Å². The number of anilines is 1. The van der Waals surface area contributed by atoms with Crippen molar-refractivity contribution in [1.29, 1.82) is 0 Å². The monoisotopic (exact) mass is 449 g/mol. The predicted octanol–water partition coefficient (Wildman–Crippen LogP) is 4.97. The van der Waals surface area contributed by atoms with Gasteiger partial charge in [-0.2, -0.15) is 4.98 Å². The maximum Gasteiger partial charge on any atom is 0.249 e. The van der Waals surface area contributed by atoms with Crippen molar-refractivity contribution in [3.63, 3.8) is 0 Å². The van der Waals surface area contributed by atoms with E-state index in [-0.39, 0.29) is 17.7 Å². The smallest absolute Gasteiger partial charge is 0.249 e. The number of rotatable bonds is 6. The molecule has 0 atom stereocenters. The van der Waals surface area contributed by atoms with Crippen LogP contribution < -0.4 is 5.32 Å². The summed E-state index contributed by atoms with van der Waals surface area (Å²) >= 11 is 0. The van der Waals surface area contributed by atoms with Crippen LogP contribution in [0.3, 0.4) is 0 Å². The van der Waals surface area contributed by atoms with Gasteiger partial charge in [0.15, 0.2) is 5.65 Å². The van der Waals surface area contributed by atoms with Crippen LogP contribution in [-0.2, 0) is 11.2 Å². The first-order valence-corrected chi connectivity index (χ1v) is 11.5. The number of pyridine rings is 1. The second kappa shape index (κ2) is 8.26. The minimum absolute atomic E-state index is 0.0165. The molecule has 7 nitrogen and oxygen atoms in total. The molecule has 1 saturated carbocycles. The number of carbonyl (C=O) groups is 2. The highest BCUT2D eigenvalue weighted by Crippen LogP contribution is 2.30. The lowest BCUT2D eigenvalue weighted by molar-refractivity contribution is -0.117.